The maximum absolute atomic E-state index is 12.9. The number of benzene rings is 3. The van der Waals surface area contributed by atoms with E-state index in [0.717, 1.165) is 67.0 Å². The van der Waals surface area contributed by atoms with Gasteiger partial charge in [0.25, 0.3) is 0 Å². The van der Waals surface area contributed by atoms with E-state index in [-0.39, 0.29) is 11.3 Å². The van der Waals surface area contributed by atoms with Crippen LogP contribution in [-0.4, -0.2) is 65.6 Å². The molecule has 0 spiro atoms. The summed E-state index contributed by atoms with van der Waals surface area (Å²) in [5.41, 5.74) is 12.4. The molecule has 220 valence electrons. The molecule has 4 rings (SSSR count). The van der Waals surface area contributed by atoms with E-state index >= 15 is 0 Å². The van der Waals surface area contributed by atoms with Crippen molar-refractivity contribution in [2.45, 2.75) is 46.0 Å². The molecule has 0 saturated carbocycles. The van der Waals surface area contributed by atoms with E-state index < -0.39 is 8.32 Å². The molecule has 0 aromatic heterocycles. The standard InChI is InChI=1S/C33H46N4O3Si/c1-6-10-32(38)35-40-41(28-11-8-7-9-12-28,29-16-13-26(14-17-29)33(2,3)4)31-25-27(34)15-18-30(31)37-21-19-36(20-22-37)23-24-39-5/h7-9,11-18,25H,6,10,19-24,34H2,1-5H3,(H,35,38). The minimum Gasteiger partial charge on any atom is -0.399 e. The molecule has 3 aromatic carbocycles. The normalized spacial score (nSPS) is 15.9. The fourth-order valence-electron chi connectivity index (χ4n) is 5.48. The first-order valence-electron chi connectivity index (χ1n) is 14.7. The van der Waals surface area contributed by atoms with Gasteiger partial charge in [0.15, 0.2) is 0 Å². The highest BCUT2D eigenvalue weighted by molar-refractivity contribution is 7.07. The lowest BCUT2D eigenvalue weighted by molar-refractivity contribution is -0.127. The van der Waals surface area contributed by atoms with Crippen molar-refractivity contribution in [3.63, 3.8) is 0 Å². The Labute approximate surface area is 246 Å². The van der Waals surface area contributed by atoms with Gasteiger partial charge in [-0.1, -0.05) is 82.3 Å². The van der Waals surface area contributed by atoms with Crippen LogP contribution in [0.5, 0.6) is 0 Å². The molecule has 1 amide bonds. The van der Waals surface area contributed by atoms with Crippen molar-refractivity contribution in [2.24, 2.45) is 0 Å². The molecule has 1 saturated heterocycles. The number of nitrogen functional groups attached to an aromatic ring is 1. The average molecular weight is 575 g/mol. The van der Waals surface area contributed by atoms with E-state index in [1.807, 2.05) is 31.2 Å². The zero-order valence-electron chi connectivity index (χ0n) is 25.3. The first kappa shape index (κ1) is 30.8. The molecule has 0 aliphatic carbocycles. The second-order valence-corrected chi connectivity index (χ2v) is 15.1. The van der Waals surface area contributed by atoms with Crippen molar-refractivity contribution in [2.75, 3.05) is 57.1 Å². The Morgan fingerprint density at radius 2 is 1.61 bits per heavy atom. The van der Waals surface area contributed by atoms with Gasteiger partial charge in [0.1, 0.15) is 0 Å². The third-order valence-electron chi connectivity index (χ3n) is 7.86. The number of hydrogen-bond acceptors (Lipinski definition) is 6. The Bertz CT molecular complexity index is 1270. The number of anilines is 2. The molecule has 0 radical (unpaired) electrons. The largest absolute Gasteiger partial charge is 0.399 e. The van der Waals surface area contributed by atoms with Crippen LogP contribution in [0.25, 0.3) is 0 Å². The van der Waals surface area contributed by atoms with Crippen molar-refractivity contribution >= 4 is 41.2 Å². The molecular weight excluding hydrogens is 528 g/mol. The summed E-state index contributed by atoms with van der Waals surface area (Å²) in [5.74, 6) is -0.121. The number of ether oxygens (including phenoxy) is 1. The molecule has 0 bridgehead atoms. The number of nitrogens with one attached hydrogen (secondary N) is 1. The third kappa shape index (κ3) is 7.19. The zero-order chi connectivity index (χ0) is 29.5. The Balaban J connectivity index is 1.89. The van der Waals surface area contributed by atoms with Gasteiger partial charge in [0, 0.05) is 62.8 Å². The molecule has 3 aromatic rings. The van der Waals surface area contributed by atoms with Gasteiger partial charge in [0.2, 0.25) is 5.91 Å². The van der Waals surface area contributed by atoms with Gasteiger partial charge < -0.3 is 19.9 Å². The summed E-state index contributed by atoms with van der Waals surface area (Å²) < 4.78 is 12.1. The van der Waals surface area contributed by atoms with Gasteiger partial charge in [-0.2, -0.15) is 0 Å². The number of nitrogens with two attached hydrogens (primary N) is 1. The number of carbonyl (C=O) groups is 1. The summed E-state index contributed by atoms with van der Waals surface area (Å²) in [6.07, 6.45) is 1.14. The van der Waals surface area contributed by atoms with Gasteiger partial charge in [0.05, 0.1) is 6.61 Å². The van der Waals surface area contributed by atoms with Crippen LogP contribution < -0.4 is 31.7 Å². The first-order chi connectivity index (χ1) is 19.7. The molecule has 1 atom stereocenters. The summed E-state index contributed by atoms with van der Waals surface area (Å²) in [6.45, 7) is 13.9. The van der Waals surface area contributed by atoms with Crippen LogP contribution >= 0.6 is 0 Å². The second kappa shape index (κ2) is 13.7. The monoisotopic (exact) mass is 574 g/mol. The Kier molecular flexibility index (Phi) is 10.3. The summed E-state index contributed by atoms with van der Waals surface area (Å²) in [5, 5.41) is 3.14. The Morgan fingerprint density at radius 1 is 0.951 bits per heavy atom. The topological polar surface area (TPSA) is 80.1 Å². The minimum absolute atomic E-state index is 0.0104. The zero-order valence-corrected chi connectivity index (χ0v) is 26.3. The van der Waals surface area contributed by atoms with E-state index in [2.05, 4.69) is 84.6 Å². The number of amides is 1. The lowest BCUT2D eigenvalue weighted by Crippen LogP contribution is -2.72. The highest BCUT2D eigenvalue weighted by atomic mass is 28.4. The predicted octanol–water partition coefficient (Wildman–Crippen LogP) is 3.15. The van der Waals surface area contributed by atoms with E-state index in [4.69, 9.17) is 15.0 Å². The smallest absolute Gasteiger partial charge is 0.323 e. The molecule has 1 aliphatic rings. The SMILES string of the molecule is CCCC(=O)NO[Si](c1ccccc1)(c1ccc(C(C)(C)C)cc1)c1cc(N)ccc1N1CCN(CCOC)CC1. The molecule has 1 fully saturated rings. The van der Waals surface area contributed by atoms with Gasteiger partial charge >= 0.3 is 8.32 Å². The summed E-state index contributed by atoms with van der Waals surface area (Å²) >= 11 is 0. The van der Waals surface area contributed by atoms with E-state index in [1.165, 1.54) is 5.56 Å². The summed E-state index contributed by atoms with van der Waals surface area (Å²) in [7, 11) is -1.53. The Hall–Kier alpha value is -3.17. The van der Waals surface area contributed by atoms with Crippen LogP contribution in [0.3, 0.4) is 0 Å². The number of rotatable bonds is 11. The van der Waals surface area contributed by atoms with Crippen LogP contribution in [0.1, 0.15) is 46.1 Å². The lowest BCUT2D eigenvalue weighted by atomic mass is 9.87. The third-order valence-corrected chi connectivity index (χ3v) is 11.7. The highest BCUT2D eigenvalue weighted by Gasteiger charge is 2.46. The van der Waals surface area contributed by atoms with Crippen LogP contribution in [-0.2, 0) is 19.5 Å². The minimum atomic E-state index is -3.28. The van der Waals surface area contributed by atoms with E-state index in [1.54, 1.807) is 7.11 Å². The van der Waals surface area contributed by atoms with Crippen LogP contribution in [0.15, 0.2) is 72.8 Å². The fourth-order valence-corrected chi connectivity index (χ4v) is 9.32. The van der Waals surface area contributed by atoms with Crippen molar-refractivity contribution in [3.05, 3.63) is 78.4 Å². The fraction of sp³-hybridized carbons (Fsp3) is 0.424. The van der Waals surface area contributed by atoms with Crippen LogP contribution in [0, 0.1) is 0 Å². The number of methoxy groups -OCH3 is 1. The van der Waals surface area contributed by atoms with Crippen LogP contribution in [0.2, 0.25) is 0 Å². The van der Waals surface area contributed by atoms with Crippen molar-refractivity contribution in [1.82, 2.24) is 10.4 Å². The molecule has 1 heterocycles. The van der Waals surface area contributed by atoms with Gasteiger partial charge in [-0.15, -0.1) is 0 Å². The summed E-state index contributed by atoms with van der Waals surface area (Å²) in [6, 6.07) is 25.2. The van der Waals surface area contributed by atoms with Gasteiger partial charge in [-0.3, -0.25) is 9.69 Å². The Morgan fingerprint density at radius 3 is 2.22 bits per heavy atom. The van der Waals surface area contributed by atoms with Crippen LogP contribution in [0.4, 0.5) is 11.4 Å². The maximum atomic E-state index is 12.9. The molecule has 8 heteroatoms. The van der Waals surface area contributed by atoms with Gasteiger partial charge in [-0.05, 0) is 46.0 Å². The number of nitrogens with zero attached hydrogens (tertiary/aromatic N) is 2. The average Bonchev–Trinajstić information content (AvgIpc) is 2.97. The molecule has 1 unspecified atom stereocenters. The van der Waals surface area contributed by atoms with Crippen molar-refractivity contribution in [1.29, 1.82) is 0 Å². The van der Waals surface area contributed by atoms with Gasteiger partial charge in [-0.25, -0.2) is 5.48 Å². The number of hydroxylamine groups is 1. The summed E-state index contributed by atoms with van der Waals surface area (Å²) in [4.78, 5) is 17.8. The quantitative estimate of drug-likeness (QED) is 0.159. The molecule has 7 nitrogen and oxygen atoms in total. The highest BCUT2D eigenvalue weighted by Crippen LogP contribution is 2.24. The van der Waals surface area contributed by atoms with E-state index in [9.17, 15) is 4.79 Å². The molecule has 41 heavy (non-hydrogen) atoms. The number of piperazine rings is 1. The molecule has 1 aliphatic heterocycles. The van der Waals surface area contributed by atoms with E-state index in [0.29, 0.717) is 12.1 Å². The lowest BCUT2D eigenvalue weighted by Gasteiger charge is -2.40. The van der Waals surface area contributed by atoms with Crippen molar-refractivity contribution in [3.8, 4) is 0 Å². The molecule has 3 N–H and O–H groups in total. The second-order valence-electron chi connectivity index (χ2n) is 11.8. The molecular formula is C33H46N4O3Si. The maximum Gasteiger partial charge on any atom is 0.323 e. The first-order valence-corrected chi connectivity index (χ1v) is 16.6. The van der Waals surface area contributed by atoms with Crippen molar-refractivity contribution < 1.29 is 14.1 Å². The predicted molar refractivity (Wildman–Crippen MR) is 172 cm³/mol. The number of carbonyl (C=O) groups excluding carboxylic acids is 1. The number of hydrogen-bond donors (Lipinski definition) is 2.